The van der Waals surface area contributed by atoms with Gasteiger partial charge in [-0.1, -0.05) is 18.2 Å². The van der Waals surface area contributed by atoms with Crippen LogP contribution in [-0.2, 0) is 25.8 Å². The molecule has 1 N–H and O–H groups in total. The number of thioether (sulfide) groups is 1. The molecule has 0 unspecified atom stereocenters. The van der Waals surface area contributed by atoms with Gasteiger partial charge >= 0.3 is 11.8 Å². The maximum absolute atomic E-state index is 12.7. The number of hydrogen-bond donors (Lipinski definition) is 1. The van der Waals surface area contributed by atoms with Crippen molar-refractivity contribution in [3.8, 4) is 5.69 Å². The summed E-state index contributed by atoms with van der Waals surface area (Å²) in [5.41, 5.74) is 2.81. The number of ether oxygens (including phenoxy) is 1. The van der Waals surface area contributed by atoms with Crippen LogP contribution in [-0.4, -0.2) is 51.8 Å². The van der Waals surface area contributed by atoms with Gasteiger partial charge in [0.25, 0.3) is 0 Å². The van der Waals surface area contributed by atoms with Crippen LogP contribution < -0.4 is 5.32 Å². The van der Waals surface area contributed by atoms with Crippen LogP contribution >= 0.6 is 11.8 Å². The van der Waals surface area contributed by atoms with Crippen LogP contribution in [0, 0.1) is 0 Å². The molecule has 1 aromatic carbocycles. The SMILES string of the molecule is C[C@@H]1CN(C(=O)C(=O)Nc2c3c(nn2-c2ccccc2)CSC3)C[C@@H](C)O1. The number of benzene rings is 1. The highest BCUT2D eigenvalue weighted by Crippen LogP contribution is 2.36. The van der Waals surface area contributed by atoms with E-state index in [2.05, 4.69) is 10.4 Å². The minimum atomic E-state index is -0.631. The van der Waals surface area contributed by atoms with E-state index in [-0.39, 0.29) is 12.2 Å². The van der Waals surface area contributed by atoms with Crippen LogP contribution in [0.1, 0.15) is 25.1 Å². The quantitative estimate of drug-likeness (QED) is 0.801. The smallest absolute Gasteiger partial charge is 0.315 e. The molecule has 0 saturated carbocycles. The first-order chi connectivity index (χ1) is 13.0. The lowest BCUT2D eigenvalue weighted by molar-refractivity contribution is -0.151. The van der Waals surface area contributed by atoms with Crippen LogP contribution in [0.4, 0.5) is 5.82 Å². The molecule has 7 nitrogen and oxygen atoms in total. The number of nitrogens with one attached hydrogen (secondary N) is 1. The van der Waals surface area contributed by atoms with E-state index in [0.29, 0.717) is 18.9 Å². The Hall–Kier alpha value is -2.32. The lowest BCUT2D eigenvalue weighted by Gasteiger charge is -2.34. The van der Waals surface area contributed by atoms with Crippen molar-refractivity contribution in [1.29, 1.82) is 0 Å². The van der Waals surface area contributed by atoms with E-state index < -0.39 is 11.8 Å². The summed E-state index contributed by atoms with van der Waals surface area (Å²) in [4.78, 5) is 27.0. The average molecular weight is 386 g/mol. The van der Waals surface area contributed by atoms with Crippen molar-refractivity contribution in [3.63, 3.8) is 0 Å². The van der Waals surface area contributed by atoms with E-state index in [4.69, 9.17) is 4.74 Å². The van der Waals surface area contributed by atoms with E-state index in [1.807, 2.05) is 44.2 Å². The molecule has 2 aromatic rings. The predicted octanol–water partition coefficient (Wildman–Crippen LogP) is 2.19. The number of carbonyl (C=O) groups is 2. The maximum atomic E-state index is 12.7. The largest absolute Gasteiger partial charge is 0.372 e. The first-order valence-electron chi connectivity index (χ1n) is 9.02. The van der Waals surface area contributed by atoms with Crippen molar-refractivity contribution < 1.29 is 14.3 Å². The molecule has 27 heavy (non-hydrogen) atoms. The van der Waals surface area contributed by atoms with Gasteiger partial charge in [-0.15, -0.1) is 0 Å². The summed E-state index contributed by atoms with van der Waals surface area (Å²) >= 11 is 1.75. The number of morpholine rings is 1. The zero-order valence-corrected chi connectivity index (χ0v) is 16.2. The number of nitrogens with zero attached hydrogens (tertiary/aromatic N) is 3. The summed E-state index contributed by atoms with van der Waals surface area (Å²) in [6, 6.07) is 9.63. The van der Waals surface area contributed by atoms with Crippen LogP contribution in [0.3, 0.4) is 0 Å². The van der Waals surface area contributed by atoms with E-state index in [0.717, 1.165) is 28.5 Å². The topological polar surface area (TPSA) is 76.5 Å². The molecule has 0 bridgehead atoms. The molecule has 0 aliphatic carbocycles. The highest BCUT2D eigenvalue weighted by Gasteiger charge is 2.32. The van der Waals surface area contributed by atoms with Gasteiger partial charge in [-0.3, -0.25) is 9.59 Å². The number of aromatic nitrogens is 2. The predicted molar refractivity (Wildman–Crippen MR) is 104 cm³/mol. The molecule has 2 aliphatic heterocycles. The molecule has 2 amide bonds. The first kappa shape index (κ1) is 18.1. The summed E-state index contributed by atoms with van der Waals surface area (Å²) in [6.45, 7) is 4.65. The molecule has 1 aromatic heterocycles. The average Bonchev–Trinajstić information content (AvgIpc) is 3.23. The van der Waals surface area contributed by atoms with Crippen molar-refractivity contribution in [2.75, 3.05) is 18.4 Å². The Labute approximate surface area is 162 Å². The second-order valence-electron chi connectivity index (χ2n) is 6.94. The first-order valence-corrected chi connectivity index (χ1v) is 10.2. The fourth-order valence-electron chi connectivity index (χ4n) is 3.55. The summed E-state index contributed by atoms with van der Waals surface area (Å²) in [6.07, 6.45) is -0.165. The lowest BCUT2D eigenvalue weighted by Crippen LogP contribution is -2.51. The number of rotatable bonds is 2. The Balaban J connectivity index is 1.59. The van der Waals surface area contributed by atoms with Gasteiger partial charge in [0.05, 0.1) is 23.6 Å². The number of hydrogen-bond acceptors (Lipinski definition) is 5. The number of anilines is 1. The van der Waals surface area contributed by atoms with Gasteiger partial charge in [-0.2, -0.15) is 16.9 Å². The summed E-state index contributed by atoms with van der Waals surface area (Å²) < 4.78 is 7.37. The van der Waals surface area contributed by atoms with E-state index in [1.54, 1.807) is 21.3 Å². The Morgan fingerprint density at radius 2 is 1.85 bits per heavy atom. The standard InChI is InChI=1S/C19H22N4O3S/c1-12-8-22(9-13(2)26-12)19(25)18(24)20-17-15-10-27-11-16(15)21-23(17)14-6-4-3-5-7-14/h3-7,12-13H,8-11H2,1-2H3,(H,20,24)/t12-,13-/m1/s1. The maximum Gasteiger partial charge on any atom is 0.315 e. The molecule has 1 saturated heterocycles. The van der Waals surface area contributed by atoms with Crippen molar-refractivity contribution in [3.05, 3.63) is 41.6 Å². The van der Waals surface area contributed by atoms with Gasteiger partial charge in [-0.25, -0.2) is 4.68 Å². The Morgan fingerprint density at radius 1 is 1.15 bits per heavy atom. The van der Waals surface area contributed by atoms with Crippen LogP contribution in [0.15, 0.2) is 30.3 Å². The molecule has 4 rings (SSSR count). The molecule has 2 aliphatic rings. The molecule has 8 heteroatoms. The van der Waals surface area contributed by atoms with E-state index >= 15 is 0 Å². The Bertz CT molecular complexity index is 857. The fraction of sp³-hybridized carbons (Fsp3) is 0.421. The number of amides is 2. The zero-order valence-electron chi connectivity index (χ0n) is 15.3. The van der Waals surface area contributed by atoms with E-state index in [1.165, 1.54) is 0 Å². The normalized spacial score (nSPS) is 21.8. The number of fused-ring (bicyclic) bond motifs is 1. The third kappa shape index (κ3) is 3.59. The van der Waals surface area contributed by atoms with Crippen molar-refractivity contribution >= 4 is 29.4 Å². The molecule has 2 atom stereocenters. The molecular formula is C19H22N4O3S. The summed E-state index contributed by atoms with van der Waals surface area (Å²) in [7, 11) is 0. The highest BCUT2D eigenvalue weighted by molar-refractivity contribution is 7.98. The molecule has 0 radical (unpaired) electrons. The van der Waals surface area contributed by atoms with Gasteiger partial charge in [-0.05, 0) is 26.0 Å². The Morgan fingerprint density at radius 3 is 2.56 bits per heavy atom. The molecule has 3 heterocycles. The van der Waals surface area contributed by atoms with Crippen molar-refractivity contribution in [2.45, 2.75) is 37.6 Å². The highest BCUT2D eigenvalue weighted by atomic mass is 32.2. The Kier molecular flexibility index (Phi) is 4.92. The second-order valence-corrected chi connectivity index (χ2v) is 7.92. The molecule has 1 fully saturated rings. The van der Waals surface area contributed by atoms with Crippen molar-refractivity contribution in [1.82, 2.24) is 14.7 Å². The zero-order chi connectivity index (χ0) is 19.0. The number of carbonyl (C=O) groups excluding carboxylic acids is 2. The van der Waals surface area contributed by atoms with Gasteiger partial charge in [0.2, 0.25) is 0 Å². The minimum Gasteiger partial charge on any atom is -0.372 e. The van der Waals surface area contributed by atoms with Crippen molar-refractivity contribution in [2.24, 2.45) is 0 Å². The fourth-order valence-corrected chi connectivity index (χ4v) is 4.58. The molecule has 142 valence electrons. The summed E-state index contributed by atoms with van der Waals surface area (Å²) in [5.74, 6) is 1.02. The second kappa shape index (κ2) is 7.36. The van der Waals surface area contributed by atoms with Gasteiger partial charge in [0.1, 0.15) is 5.82 Å². The minimum absolute atomic E-state index is 0.0824. The molecular weight excluding hydrogens is 364 g/mol. The third-order valence-electron chi connectivity index (χ3n) is 4.69. The van der Waals surface area contributed by atoms with E-state index in [9.17, 15) is 9.59 Å². The third-order valence-corrected chi connectivity index (χ3v) is 5.66. The van der Waals surface area contributed by atoms with Crippen LogP contribution in [0.2, 0.25) is 0 Å². The van der Waals surface area contributed by atoms with Crippen LogP contribution in [0.5, 0.6) is 0 Å². The summed E-state index contributed by atoms with van der Waals surface area (Å²) in [5, 5.41) is 7.48. The molecule has 0 spiro atoms. The van der Waals surface area contributed by atoms with Crippen LogP contribution in [0.25, 0.3) is 5.69 Å². The van der Waals surface area contributed by atoms with Gasteiger partial charge < -0.3 is 15.0 Å². The lowest BCUT2D eigenvalue weighted by atomic mass is 10.2. The monoisotopic (exact) mass is 386 g/mol. The van der Waals surface area contributed by atoms with Gasteiger partial charge in [0.15, 0.2) is 0 Å². The number of para-hydroxylation sites is 1. The van der Waals surface area contributed by atoms with Gasteiger partial charge in [0, 0.05) is 30.2 Å².